The van der Waals surface area contributed by atoms with E-state index in [-0.39, 0.29) is 10.8 Å². The zero-order valence-electron chi connectivity index (χ0n) is 19.6. The first-order valence-corrected chi connectivity index (χ1v) is 12.0. The SMILES string of the molecule is COc1ccc(S(=O)(=O)N(C)c2ccc(C(=O)NCCOc3ccccc3C)cc2)cc1OC. The molecule has 0 saturated carbocycles. The largest absolute Gasteiger partial charge is 0.493 e. The number of carbonyl (C=O) groups excluding carboxylic acids is 1. The highest BCUT2D eigenvalue weighted by atomic mass is 32.2. The third-order valence-corrected chi connectivity index (χ3v) is 7.03. The maximum atomic E-state index is 13.1. The molecule has 0 unspecified atom stereocenters. The molecule has 180 valence electrons. The number of carbonyl (C=O) groups is 1. The maximum absolute atomic E-state index is 13.1. The molecule has 0 aromatic heterocycles. The molecule has 1 N–H and O–H groups in total. The van der Waals surface area contributed by atoms with E-state index in [1.807, 2.05) is 31.2 Å². The lowest BCUT2D eigenvalue weighted by molar-refractivity contribution is 0.0947. The Kier molecular flexibility index (Phi) is 8.01. The van der Waals surface area contributed by atoms with Gasteiger partial charge < -0.3 is 19.5 Å². The lowest BCUT2D eigenvalue weighted by atomic mass is 10.2. The van der Waals surface area contributed by atoms with E-state index in [1.54, 1.807) is 24.3 Å². The van der Waals surface area contributed by atoms with Gasteiger partial charge in [0, 0.05) is 18.7 Å². The van der Waals surface area contributed by atoms with Crippen LogP contribution in [0.3, 0.4) is 0 Å². The Bertz CT molecular complexity index is 1240. The van der Waals surface area contributed by atoms with Gasteiger partial charge in [-0.25, -0.2) is 8.42 Å². The van der Waals surface area contributed by atoms with E-state index in [4.69, 9.17) is 14.2 Å². The summed E-state index contributed by atoms with van der Waals surface area (Å²) < 4.78 is 43.3. The van der Waals surface area contributed by atoms with Gasteiger partial charge in [-0.3, -0.25) is 9.10 Å². The monoisotopic (exact) mass is 484 g/mol. The fraction of sp³-hybridized carbons (Fsp3) is 0.240. The van der Waals surface area contributed by atoms with Crippen LogP contribution in [0.25, 0.3) is 0 Å². The average Bonchev–Trinajstić information content (AvgIpc) is 2.86. The van der Waals surface area contributed by atoms with E-state index in [2.05, 4.69) is 5.32 Å². The third-order valence-electron chi connectivity index (χ3n) is 5.25. The molecule has 0 radical (unpaired) electrons. The summed E-state index contributed by atoms with van der Waals surface area (Å²) in [5.74, 6) is 1.25. The van der Waals surface area contributed by atoms with Gasteiger partial charge in [-0.2, -0.15) is 0 Å². The zero-order valence-corrected chi connectivity index (χ0v) is 20.4. The zero-order chi connectivity index (χ0) is 24.7. The molecule has 3 aromatic rings. The van der Waals surface area contributed by atoms with Gasteiger partial charge in [0.2, 0.25) is 0 Å². The summed E-state index contributed by atoms with van der Waals surface area (Å²) in [6, 6.07) is 18.4. The van der Waals surface area contributed by atoms with Crippen molar-refractivity contribution in [3.8, 4) is 17.2 Å². The summed E-state index contributed by atoms with van der Waals surface area (Å²) in [5.41, 5.74) is 1.85. The minimum atomic E-state index is -3.85. The lowest BCUT2D eigenvalue weighted by Gasteiger charge is -2.20. The molecule has 0 fully saturated rings. The number of rotatable bonds is 10. The Hall–Kier alpha value is -3.72. The molecule has 3 aromatic carbocycles. The molecular formula is C25H28N2O6S. The molecule has 1 amide bonds. The molecule has 34 heavy (non-hydrogen) atoms. The molecule has 0 saturated heterocycles. The number of hydrogen-bond donors (Lipinski definition) is 1. The topological polar surface area (TPSA) is 94.2 Å². The van der Waals surface area contributed by atoms with Crippen LogP contribution in [-0.4, -0.2) is 48.7 Å². The third kappa shape index (κ3) is 5.60. The number of sulfonamides is 1. The van der Waals surface area contributed by atoms with Crippen molar-refractivity contribution in [3.63, 3.8) is 0 Å². The normalized spacial score (nSPS) is 10.9. The van der Waals surface area contributed by atoms with Gasteiger partial charge in [0.1, 0.15) is 12.4 Å². The standard InChI is InChI=1S/C25H28N2O6S/c1-18-7-5-6-8-22(18)33-16-15-26-25(28)19-9-11-20(12-10-19)27(2)34(29,30)21-13-14-23(31-3)24(17-21)32-4/h5-14,17H,15-16H2,1-4H3,(H,26,28). The first-order chi connectivity index (χ1) is 16.3. The highest BCUT2D eigenvalue weighted by Crippen LogP contribution is 2.31. The molecule has 0 spiro atoms. The Balaban J connectivity index is 1.62. The van der Waals surface area contributed by atoms with Crippen molar-refractivity contribution < 1.29 is 27.4 Å². The minimum absolute atomic E-state index is 0.0584. The van der Waals surface area contributed by atoms with Crippen molar-refractivity contribution in [3.05, 3.63) is 77.9 Å². The fourth-order valence-corrected chi connectivity index (χ4v) is 4.45. The van der Waals surface area contributed by atoms with Gasteiger partial charge in [-0.1, -0.05) is 18.2 Å². The second-order valence-corrected chi connectivity index (χ2v) is 9.38. The second kappa shape index (κ2) is 10.9. The van der Waals surface area contributed by atoms with Crippen molar-refractivity contribution in [1.82, 2.24) is 5.32 Å². The maximum Gasteiger partial charge on any atom is 0.264 e. The highest BCUT2D eigenvalue weighted by molar-refractivity contribution is 7.92. The smallest absolute Gasteiger partial charge is 0.264 e. The van der Waals surface area contributed by atoms with Gasteiger partial charge in [-0.15, -0.1) is 0 Å². The predicted octanol–water partition coefficient (Wildman–Crippen LogP) is 3.65. The minimum Gasteiger partial charge on any atom is -0.493 e. The number of anilines is 1. The molecule has 3 rings (SSSR count). The van der Waals surface area contributed by atoms with Crippen LogP contribution >= 0.6 is 0 Å². The van der Waals surface area contributed by atoms with Gasteiger partial charge in [-0.05, 0) is 55.0 Å². The van der Waals surface area contributed by atoms with Crippen LogP contribution in [0.1, 0.15) is 15.9 Å². The molecule has 9 heteroatoms. The Morgan fingerprint density at radius 3 is 2.24 bits per heavy atom. The Morgan fingerprint density at radius 1 is 0.912 bits per heavy atom. The first kappa shape index (κ1) is 24.9. The van der Waals surface area contributed by atoms with Crippen molar-refractivity contribution in [2.75, 3.05) is 38.7 Å². The molecule has 0 atom stereocenters. The number of nitrogens with one attached hydrogen (secondary N) is 1. The van der Waals surface area contributed by atoms with Crippen LogP contribution in [0.15, 0.2) is 71.6 Å². The second-order valence-electron chi connectivity index (χ2n) is 7.41. The summed E-state index contributed by atoms with van der Waals surface area (Å²) in [7, 11) is 0.519. The Labute approximate surface area is 200 Å². The number of aryl methyl sites for hydroxylation is 1. The lowest BCUT2D eigenvalue weighted by Crippen LogP contribution is -2.28. The number of amides is 1. The van der Waals surface area contributed by atoms with E-state index >= 15 is 0 Å². The quantitative estimate of drug-likeness (QED) is 0.442. The van der Waals surface area contributed by atoms with Gasteiger partial charge >= 0.3 is 0 Å². The summed E-state index contributed by atoms with van der Waals surface area (Å²) in [6.45, 7) is 2.63. The summed E-state index contributed by atoms with van der Waals surface area (Å²) >= 11 is 0. The van der Waals surface area contributed by atoms with Gasteiger partial charge in [0.15, 0.2) is 11.5 Å². The Morgan fingerprint density at radius 2 is 1.59 bits per heavy atom. The molecule has 0 aliphatic heterocycles. The van der Waals surface area contributed by atoms with E-state index in [1.165, 1.54) is 39.5 Å². The summed E-state index contributed by atoms with van der Waals surface area (Å²) in [6.07, 6.45) is 0. The van der Waals surface area contributed by atoms with Crippen LogP contribution in [0.4, 0.5) is 5.69 Å². The fourth-order valence-electron chi connectivity index (χ4n) is 3.24. The molecule has 0 aliphatic rings. The predicted molar refractivity (Wildman–Crippen MR) is 131 cm³/mol. The number of benzene rings is 3. The van der Waals surface area contributed by atoms with Crippen LogP contribution in [0.2, 0.25) is 0 Å². The van der Waals surface area contributed by atoms with E-state index < -0.39 is 10.0 Å². The number of nitrogens with zero attached hydrogens (tertiary/aromatic N) is 1. The van der Waals surface area contributed by atoms with E-state index in [9.17, 15) is 13.2 Å². The molecule has 8 nitrogen and oxygen atoms in total. The van der Waals surface area contributed by atoms with Gasteiger partial charge in [0.05, 0.1) is 31.3 Å². The van der Waals surface area contributed by atoms with Crippen molar-refractivity contribution in [1.29, 1.82) is 0 Å². The van der Waals surface area contributed by atoms with Crippen LogP contribution in [0, 0.1) is 6.92 Å². The molecular weight excluding hydrogens is 456 g/mol. The van der Waals surface area contributed by atoms with Crippen LogP contribution < -0.4 is 23.8 Å². The number of hydrogen-bond acceptors (Lipinski definition) is 6. The van der Waals surface area contributed by atoms with Crippen LogP contribution in [-0.2, 0) is 10.0 Å². The van der Waals surface area contributed by atoms with Crippen molar-refractivity contribution in [2.45, 2.75) is 11.8 Å². The molecule has 0 bridgehead atoms. The van der Waals surface area contributed by atoms with Crippen LogP contribution in [0.5, 0.6) is 17.2 Å². The molecule has 0 heterocycles. The summed E-state index contributed by atoms with van der Waals surface area (Å²) in [4.78, 5) is 12.5. The molecule has 0 aliphatic carbocycles. The average molecular weight is 485 g/mol. The number of para-hydroxylation sites is 1. The van der Waals surface area contributed by atoms with E-state index in [0.717, 1.165) is 15.6 Å². The highest BCUT2D eigenvalue weighted by Gasteiger charge is 2.23. The number of methoxy groups -OCH3 is 2. The first-order valence-electron chi connectivity index (χ1n) is 10.6. The van der Waals surface area contributed by atoms with Gasteiger partial charge in [0.25, 0.3) is 15.9 Å². The van der Waals surface area contributed by atoms with Crippen molar-refractivity contribution in [2.24, 2.45) is 0 Å². The summed E-state index contributed by atoms with van der Waals surface area (Å²) in [5, 5.41) is 2.80. The van der Waals surface area contributed by atoms with E-state index in [0.29, 0.717) is 35.9 Å². The van der Waals surface area contributed by atoms with Crippen molar-refractivity contribution >= 4 is 21.6 Å². The number of ether oxygens (including phenoxy) is 3.